The maximum Gasteiger partial charge on any atom is 0.248 e. The number of nitriles is 1. The van der Waals surface area contributed by atoms with Gasteiger partial charge in [-0.2, -0.15) is 5.26 Å². The Morgan fingerprint density at radius 1 is 1.23 bits per heavy atom. The molecule has 6 heteroatoms. The molecule has 0 unspecified atom stereocenters. The Balaban J connectivity index is 1.63. The average Bonchev–Trinajstić information content (AvgIpc) is 2.94. The average molecular weight is 356 g/mol. The number of amides is 1. The van der Waals surface area contributed by atoms with E-state index in [-0.39, 0.29) is 12.5 Å². The van der Waals surface area contributed by atoms with E-state index in [0.29, 0.717) is 17.5 Å². The molecule has 2 fully saturated rings. The van der Waals surface area contributed by atoms with Gasteiger partial charge in [0.25, 0.3) is 0 Å². The lowest BCUT2D eigenvalue weighted by atomic mass is 9.86. The molecule has 0 spiro atoms. The van der Waals surface area contributed by atoms with Gasteiger partial charge in [-0.15, -0.1) is 0 Å². The Kier molecular flexibility index (Phi) is 6.45. The highest BCUT2D eigenvalue weighted by Gasteiger charge is 2.34. The largest absolute Gasteiger partial charge is 0.375 e. The molecule has 1 aromatic rings. The van der Waals surface area contributed by atoms with Gasteiger partial charge in [0.05, 0.1) is 5.56 Å². The van der Waals surface area contributed by atoms with Crippen molar-refractivity contribution in [2.24, 2.45) is 5.92 Å². The van der Waals surface area contributed by atoms with E-state index < -0.39 is 0 Å². The molecule has 0 saturated carbocycles. The zero-order valence-corrected chi connectivity index (χ0v) is 15.6. The summed E-state index contributed by atoms with van der Waals surface area (Å²) in [5, 5.41) is 8.90. The van der Waals surface area contributed by atoms with Crippen LogP contribution in [0.25, 0.3) is 0 Å². The maximum atomic E-state index is 12.5. The van der Waals surface area contributed by atoms with Crippen molar-refractivity contribution in [2.45, 2.75) is 44.6 Å². The number of piperidine rings is 1. The first-order valence-corrected chi connectivity index (χ1v) is 9.62. The molecule has 0 radical (unpaired) electrons. The molecular weight excluding hydrogens is 328 g/mol. The van der Waals surface area contributed by atoms with Gasteiger partial charge in [0.15, 0.2) is 0 Å². The standard InChI is InChI=1S/C20H28N4O2/c1-26-15-20(25)24-10-4-2-3-5-18(24)17-8-11-23(12-9-17)19-7-6-16(13-21)14-22-19/h6-7,14,17-18H,2-5,8-12,15H2,1H3/t18-/m1/s1. The van der Waals surface area contributed by atoms with Crippen molar-refractivity contribution >= 4 is 11.7 Å². The van der Waals surface area contributed by atoms with Crippen LogP contribution in [0.15, 0.2) is 18.3 Å². The predicted octanol–water partition coefficient (Wildman–Crippen LogP) is 2.59. The monoisotopic (exact) mass is 356 g/mol. The minimum Gasteiger partial charge on any atom is -0.375 e. The van der Waals surface area contributed by atoms with E-state index in [0.717, 1.165) is 51.1 Å². The Bertz CT molecular complexity index is 632. The van der Waals surface area contributed by atoms with E-state index in [1.54, 1.807) is 13.3 Å². The van der Waals surface area contributed by atoms with Crippen molar-refractivity contribution in [1.29, 1.82) is 5.26 Å². The third kappa shape index (κ3) is 4.34. The summed E-state index contributed by atoms with van der Waals surface area (Å²) in [7, 11) is 1.59. The summed E-state index contributed by atoms with van der Waals surface area (Å²) in [6.45, 7) is 2.95. The molecule has 2 aliphatic rings. The Labute approximate surface area is 155 Å². The van der Waals surface area contributed by atoms with Crippen molar-refractivity contribution in [2.75, 3.05) is 38.3 Å². The first-order valence-electron chi connectivity index (χ1n) is 9.62. The third-order valence-electron chi connectivity index (χ3n) is 5.67. The number of hydrogen-bond acceptors (Lipinski definition) is 5. The lowest BCUT2D eigenvalue weighted by Gasteiger charge is -2.41. The SMILES string of the molecule is COCC(=O)N1CCCCC[C@@H]1C1CCN(c2ccc(C#N)cn2)CC1. The van der Waals surface area contributed by atoms with Crippen LogP contribution < -0.4 is 4.90 Å². The summed E-state index contributed by atoms with van der Waals surface area (Å²) in [4.78, 5) is 21.3. The fourth-order valence-electron chi connectivity index (χ4n) is 4.29. The van der Waals surface area contributed by atoms with Crippen LogP contribution in [0.2, 0.25) is 0 Å². The van der Waals surface area contributed by atoms with Crippen LogP contribution in [0.4, 0.5) is 5.82 Å². The van der Waals surface area contributed by atoms with E-state index in [9.17, 15) is 4.79 Å². The number of carbonyl (C=O) groups is 1. The van der Waals surface area contributed by atoms with Gasteiger partial charge in [0.2, 0.25) is 5.91 Å². The van der Waals surface area contributed by atoms with Crippen molar-refractivity contribution in [1.82, 2.24) is 9.88 Å². The first-order chi connectivity index (χ1) is 12.7. The van der Waals surface area contributed by atoms with E-state index >= 15 is 0 Å². The zero-order valence-electron chi connectivity index (χ0n) is 15.6. The second-order valence-corrected chi connectivity index (χ2v) is 7.28. The first kappa shape index (κ1) is 18.7. The number of aromatic nitrogens is 1. The Morgan fingerprint density at radius 3 is 2.69 bits per heavy atom. The number of anilines is 1. The molecule has 1 aromatic heterocycles. The number of hydrogen-bond donors (Lipinski definition) is 0. The van der Waals surface area contributed by atoms with Gasteiger partial charge in [-0.1, -0.05) is 12.8 Å². The minimum absolute atomic E-state index is 0.135. The zero-order chi connectivity index (χ0) is 18.4. The third-order valence-corrected chi connectivity index (χ3v) is 5.67. The number of nitrogens with zero attached hydrogens (tertiary/aromatic N) is 4. The highest BCUT2D eigenvalue weighted by Crippen LogP contribution is 2.31. The molecular formula is C20H28N4O2. The summed E-state index contributed by atoms with van der Waals surface area (Å²) < 4.78 is 5.10. The van der Waals surface area contributed by atoms with Crippen LogP contribution in [-0.4, -0.2) is 55.2 Å². The number of pyridine rings is 1. The van der Waals surface area contributed by atoms with Gasteiger partial charge in [0, 0.05) is 39.0 Å². The van der Waals surface area contributed by atoms with Gasteiger partial charge in [-0.25, -0.2) is 4.98 Å². The molecule has 1 atom stereocenters. The number of methoxy groups -OCH3 is 1. The van der Waals surface area contributed by atoms with Gasteiger partial charge >= 0.3 is 0 Å². The van der Waals surface area contributed by atoms with E-state index in [1.165, 1.54) is 12.8 Å². The molecule has 6 nitrogen and oxygen atoms in total. The maximum absolute atomic E-state index is 12.5. The molecule has 2 saturated heterocycles. The summed E-state index contributed by atoms with van der Waals surface area (Å²) >= 11 is 0. The summed E-state index contributed by atoms with van der Waals surface area (Å²) in [5.41, 5.74) is 0.592. The topological polar surface area (TPSA) is 69.5 Å². The van der Waals surface area contributed by atoms with Crippen molar-refractivity contribution in [3.05, 3.63) is 23.9 Å². The quantitative estimate of drug-likeness (QED) is 0.829. The van der Waals surface area contributed by atoms with E-state index in [1.807, 2.05) is 12.1 Å². The van der Waals surface area contributed by atoms with Crippen LogP contribution >= 0.6 is 0 Å². The normalized spacial score (nSPS) is 21.9. The summed E-state index contributed by atoms with van der Waals surface area (Å²) in [5.74, 6) is 1.62. The smallest absolute Gasteiger partial charge is 0.248 e. The predicted molar refractivity (Wildman–Crippen MR) is 99.7 cm³/mol. The molecule has 1 amide bonds. The molecule has 3 heterocycles. The van der Waals surface area contributed by atoms with Gasteiger partial charge in [0.1, 0.15) is 18.5 Å². The number of rotatable bonds is 4. The lowest BCUT2D eigenvalue weighted by Crippen LogP contribution is -2.49. The van der Waals surface area contributed by atoms with Gasteiger partial charge < -0.3 is 14.5 Å². The number of likely N-dealkylation sites (tertiary alicyclic amines) is 1. The van der Waals surface area contributed by atoms with E-state index in [4.69, 9.17) is 10.00 Å². The Hall–Kier alpha value is -2.13. The fraction of sp³-hybridized carbons (Fsp3) is 0.650. The lowest BCUT2D eigenvalue weighted by molar-refractivity contribution is -0.138. The molecule has 2 aliphatic heterocycles. The minimum atomic E-state index is 0.135. The summed E-state index contributed by atoms with van der Waals surface area (Å²) in [6, 6.07) is 6.21. The second kappa shape index (κ2) is 9.00. The highest BCUT2D eigenvalue weighted by atomic mass is 16.5. The van der Waals surface area contributed by atoms with Crippen LogP contribution in [0.5, 0.6) is 0 Å². The van der Waals surface area contributed by atoms with Crippen molar-refractivity contribution < 1.29 is 9.53 Å². The van der Waals surface area contributed by atoms with Crippen molar-refractivity contribution in [3.63, 3.8) is 0 Å². The second-order valence-electron chi connectivity index (χ2n) is 7.28. The van der Waals surface area contributed by atoms with Gasteiger partial charge in [-0.3, -0.25) is 4.79 Å². The highest BCUT2D eigenvalue weighted by molar-refractivity contribution is 5.77. The van der Waals surface area contributed by atoms with Crippen LogP contribution in [-0.2, 0) is 9.53 Å². The molecule has 26 heavy (non-hydrogen) atoms. The summed E-state index contributed by atoms with van der Waals surface area (Å²) in [6.07, 6.45) is 8.40. The van der Waals surface area contributed by atoms with Crippen LogP contribution in [0.3, 0.4) is 0 Å². The Morgan fingerprint density at radius 2 is 2.04 bits per heavy atom. The van der Waals surface area contributed by atoms with Crippen molar-refractivity contribution in [3.8, 4) is 6.07 Å². The fourth-order valence-corrected chi connectivity index (χ4v) is 4.29. The number of ether oxygens (including phenoxy) is 1. The van der Waals surface area contributed by atoms with Gasteiger partial charge in [-0.05, 0) is 43.7 Å². The molecule has 0 bridgehead atoms. The van der Waals surface area contributed by atoms with Crippen LogP contribution in [0.1, 0.15) is 44.1 Å². The molecule has 140 valence electrons. The molecule has 0 aromatic carbocycles. The van der Waals surface area contributed by atoms with E-state index in [2.05, 4.69) is 20.9 Å². The molecule has 3 rings (SSSR count). The molecule has 0 N–H and O–H groups in total. The van der Waals surface area contributed by atoms with Crippen LogP contribution in [0, 0.1) is 17.2 Å². The molecule has 0 aliphatic carbocycles. The number of carbonyl (C=O) groups excluding carboxylic acids is 1.